The van der Waals surface area contributed by atoms with Gasteiger partial charge in [-0.05, 0) is 49.8 Å². The van der Waals surface area contributed by atoms with Gasteiger partial charge < -0.3 is 5.73 Å². The van der Waals surface area contributed by atoms with E-state index in [-0.39, 0.29) is 5.56 Å². The highest BCUT2D eigenvalue weighted by Gasteiger charge is 2.15. The Labute approximate surface area is 126 Å². The molecule has 1 aliphatic rings. The smallest absolute Gasteiger partial charge is 0.161 e. The van der Waals surface area contributed by atoms with Crippen molar-refractivity contribution in [2.24, 2.45) is 17.6 Å². The Morgan fingerprint density at radius 2 is 1.43 bits per heavy atom. The zero-order chi connectivity index (χ0) is 16.4. The topological polar surface area (TPSA) is 26.0 Å². The molecule has 4 heteroatoms. The molecule has 21 heavy (non-hydrogen) atoms. The summed E-state index contributed by atoms with van der Waals surface area (Å²) in [7, 11) is 0. The Balaban J connectivity index is 0.000000342. The van der Waals surface area contributed by atoms with Crippen molar-refractivity contribution >= 4 is 0 Å². The molecule has 0 amide bonds. The summed E-state index contributed by atoms with van der Waals surface area (Å²) in [5, 5.41) is 0. The molecule has 122 valence electrons. The molecule has 1 nitrogen and oxygen atoms in total. The molecule has 1 aromatic carbocycles. The standard InChI is InChI=1S/C8H17N.C7H5F3.C2H6/c1-7-2-4-8(6-9)5-3-7;1-4-2-6(9)7(10)3-5(4)8;1-2/h7-8H,2-6,9H2,1H3;2-3H,1H3;1-2H3. The van der Waals surface area contributed by atoms with Crippen molar-refractivity contribution in [3.8, 4) is 0 Å². The maximum absolute atomic E-state index is 12.4. The molecule has 1 aromatic rings. The van der Waals surface area contributed by atoms with E-state index in [1.165, 1.54) is 32.6 Å². The highest BCUT2D eigenvalue weighted by molar-refractivity contribution is 5.17. The van der Waals surface area contributed by atoms with E-state index in [4.69, 9.17) is 5.73 Å². The lowest BCUT2D eigenvalue weighted by atomic mass is 9.83. The molecular weight excluding hydrogens is 275 g/mol. The van der Waals surface area contributed by atoms with Gasteiger partial charge in [0, 0.05) is 6.07 Å². The minimum absolute atomic E-state index is 0.110. The lowest BCUT2D eigenvalue weighted by Crippen LogP contribution is -2.20. The Morgan fingerprint density at radius 3 is 1.86 bits per heavy atom. The fraction of sp³-hybridized carbons (Fsp3) is 0.647. The van der Waals surface area contributed by atoms with Crippen molar-refractivity contribution in [2.75, 3.05) is 6.54 Å². The van der Waals surface area contributed by atoms with Crippen LogP contribution in [-0.2, 0) is 0 Å². The van der Waals surface area contributed by atoms with Crippen molar-refractivity contribution in [2.45, 2.75) is 53.4 Å². The highest BCUT2D eigenvalue weighted by Crippen LogP contribution is 2.27. The van der Waals surface area contributed by atoms with Crippen LogP contribution in [0.15, 0.2) is 12.1 Å². The Hall–Kier alpha value is -1.03. The molecule has 0 atom stereocenters. The van der Waals surface area contributed by atoms with Crippen LogP contribution in [0.1, 0.15) is 52.0 Å². The normalized spacial score (nSPS) is 20.8. The summed E-state index contributed by atoms with van der Waals surface area (Å²) < 4.78 is 36.7. The number of halogens is 3. The molecule has 1 saturated carbocycles. The molecular formula is C17H28F3N. The molecule has 1 fully saturated rings. The fourth-order valence-corrected chi connectivity index (χ4v) is 2.19. The Kier molecular flexibility index (Phi) is 10.1. The SMILES string of the molecule is CC.CC1CCC(CN)CC1.Cc1cc(F)c(F)cc1F. The summed E-state index contributed by atoms with van der Waals surface area (Å²) in [6, 6.07) is 1.36. The zero-order valence-electron chi connectivity index (χ0n) is 13.6. The number of hydrogen-bond donors (Lipinski definition) is 1. The van der Waals surface area contributed by atoms with Crippen molar-refractivity contribution in [3.05, 3.63) is 35.1 Å². The molecule has 2 N–H and O–H groups in total. The third-order valence-corrected chi connectivity index (χ3v) is 3.67. The second-order valence-corrected chi connectivity index (χ2v) is 5.38. The predicted molar refractivity (Wildman–Crippen MR) is 82.6 cm³/mol. The maximum atomic E-state index is 12.4. The van der Waals surface area contributed by atoms with Gasteiger partial charge in [-0.25, -0.2) is 13.2 Å². The van der Waals surface area contributed by atoms with Crippen molar-refractivity contribution < 1.29 is 13.2 Å². The largest absolute Gasteiger partial charge is 0.330 e. The van der Waals surface area contributed by atoms with E-state index in [1.54, 1.807) is 0 Å². The molecule has 2 rings (SSSR count). The Bertz CT molecular complexity index is 349. The lowest BCUT2D eigenvalue weighted by molar-refractivity contribution is 0.296. The zero-order valence-corrected chi connectivity index (χ0v) is 13.6. The summed E-state index contributed by atoms with van der Waals surface area (Å²) >= 11 is 0. The van der Waals surface area contributed by atoms with Gasteiger partial charge in [-0.15, -0.1) is 0 Å². The van der Waals surface area contributed by atoms with Crippen LogP contribution >= 0.6 is 0 Å². The number of nitrogens with two attached hydrogens (primary N) is 1. The van der Waals surface area contributed by atoms with E-state index < -0.39 is 17.5 Å². The summed E-state index contributed by atoms with van der Waals surface area (Å²) in [5.41, 5.74) is 5.66. The van der Waals surface area contributed by atoms with E-state index in [1.807, 2.05) is 13.8 Å². The second kappa shape index (κ2) is 10.7. The van der Waals surface area contributed by atoms with Crippen molar-refractivity contribution in [1.82, 2.24) is 0 Å². The third-order valence-electron chi connectivity index (χ3n) is 3.67. The molecule has 0 aliphatic heterocycles. The predicted octanol–water partition coefficient (Wildman–Crippen LogP) is 5.21. The minimum atomic E-state index is -1.15. The monoisotopic (exact) mass is 303 g/mol. The Morgan fingerprint density at radius 1 is 0.952 bits per heavy atom. The minimum Gasteiger partial charge on any atom is -0.330 e. The van der Waals surface area contributed by atoms with Crippen molar-refractivity contribution in [1.29, 1.82) is 0 Å². The van der Waals surface area contributed by atoms with Gasteiger partial charge >= 0.3 is 0 Å². The van der Waals surface area contributed by atoms with Gasteiger partial charge in [-0.1, -0.05) is 33.6 Å². The van der Waals surface area contributed by atoms with Crippen LogP contribution in [0.25, 0.3) is 0 Å². The fourth-order valence-electron chi connectivity index (χ4n) is 2.19. The van der Waals surface area contributed by atoms with Gasteiger partial charge in [0.1, 0.15) is 5.82 Å². The molecule has 0 heterocycles. The number of aryl methyl sites for hydroxylation is 1. The number of rotatable bonds is 1. The van der Waals surface area contributed by atoms with Crippen LogP contribution in [0.4, 0.5) is 13.2 Å². The van der Waals surface area contributed by atoms with Gasteiger partial charge in [0.15, 0.2) is 11.6 Å². The lowest BCUT2D eigenvalue weighted by Gasteiger charge is -2.24. The highest BCUT2D eigenvalue weighted by atomic mass is 19.2. The molecule has 1 aliphatic carbocycles. The van der Waals surface area contributed by atoms with E-state index in [0.29, 0.717) is 6.07 Å². The van der Waals surface area contributed by atoms with Crippen LogP contribution in [0.5, 0.6) is 0 Å². The van der Waals surface area contributed by atoms with Crippen LogP contribution in [0, 0.1) is 36.2 Å². The van der Waals surface area contributed by atoms with Crippen LogP contribution in [-0.4, -0.2) is 6.54 Å². The summed E-state index contributed by atoms with van der Waals surface area (Å²) in [5.74, 6) is -1.07. The summed E-state index contributed by atoms with van der Waals surface area (Å²) in [6.07, 6.45) is 5.55. The van der Waals surface area contributed by atoms with Gasteiger partial charge in [-0.2, -0.15) is 0 Å². The summed E-state index contributed by atoms with van der Waals surface area (Å²) in [4.78, 5) is 0. The van der Waals surface area contributed by atoms with Gasteiger partial charge in [-0.3, -0.25) is 0 Å². The number of benzene rings is 1. The van der Waals surface area contributed by atoms with Crippen LogP contribution in [0.3, 0.4) is 0 Å². The van der Waals surface area contributed by atoms with Gasteiger partial charge in [0.05, 0.1) is 0 Å². The first-order valence-corrected chi connectivity index (χ1v) is 7.75. The molecule has 0 spiro atoms. The number of hydrogen-bond acceptors (Lipinski definition) is 1. The third kappa shape index (κ3) is 7.51. The molecule has 0 bridgehead atoms. The second-order valence-electron chi connectivity index (χ2n) is 5.38. The van der Waals surface area contributed by atoms with Gasteiger partial charge in [0.2, 0.25) is 0 Å². The van der Waals surface area contributed by atoms with E-state index >= 15 is 0 Å². The first-order valence-electron chi connectivity index (χ1n) is 7.75. The molecule has 0 radical (unpaired) electrons. The first kappa shape index (κ1) is 20.0. The van der Waals surface area contributed by atoms with Crippen LogP contribution < -0.4 is 5.73 Å². The van der Waals surface area contributed by atoms with E-state index in [0.717, 1.165) is 24.4 Å². The molecule has 0 aromatic heterocycles. The maximum Gasteiger partial charge on any atom is 0.161 e. The van der Waals surface area contributed by atoms with Gasteiger partial charge in [0.25, 0.3) is 0 Å². The van der Waals surface area contributed by atoms with Crippen LogP contribution in [0.2, 0.25) is 0 Å². The average molecular weight is 303 g/mol. The first-order chi connectivity index (χ1) is 9.93. The molecule has 0 saturated heterocycles. The molecule has 0 unspecified atom stereocenters. The van der Waals surface area contributed by atoms with Crippen molar-refractivity contribution in [3.63, 3.8) is 0 Å². The summed E-state index contributed by atoms with van der Waals surface area (Å²) in [6.45, 7) is 8.62. The average Bonchev–Trinajstić information content (AvgIpc) is 2.49. The van der Waals surface area contributed by atoms with E-state index in [9.17, 15) is 13.2 Å². The quantitative estimate of drug-likeness (QED) is 0.708. The van der Waals surface area contributed by atoms with E-state index in [2.05, 4.69) is 6.92 Å².